The number of hydrogen-bond acceptors (Lipinski definition) is 6. The number of carbonyl (C=O) groups is 1. The van der Waals surface area contributed by atoms with Gasteiger partial charge in [0.25, 0.3) is 10.0 Å². The molecule has 1 aliphatic heterocycles. The number of benzene rings is 2. The van der Waals surface area contributed by atoms with Gasteiger partial charge in [-0.15, -0.1) is 0 Å². The molecule has 0 atom stereocenters. The number of carbonyl (C=O) groups excluding carboxylic acids is 1. The molecule has 1 saturated carbocycles. The second-order valence-electron chi connectivity index (χ2n) is 7.91. The van der Waals surface area contributed by atoms with Crippen molar-refractivity contribution < 1.29 is 26.8 Å². The van der Waals surface area contributed by atoms with Gasteiger partial charge >= 0.3 is 5.91 Å². The van der Waals surface area contributed by atoms with E-state index in [1.165, 1.54) is 25.3 Å². The second kappa shape index (κ2) is 7.26. The smallest absolute Gasteiger partial charge is 0.300 e. The number of hydrogen-bond donors (Lipinski definition) is 1. The van der Waals surface area contributed by atoms with Crippen LogP contribution in [0.25, 0.3) is 11.0 Å². The summed E-state index contributed by atoms with van der Waals surface area (Å²) in [6, 6.07) is 9.21. The van der Waals surface area contributed by atoms with Crippen molar-refractivity contribution in [1.29, 1.82) is 0 Å². The van der Waals surface area contributed by atoms with Gasteiger partial charge < -0.3 is 14.1 Å². The maximum absolute atomic E-state index is 14.5. The Morgan fingerprint density at radius 2 is 1.97 bits per heavy atom. The predicted octanol–water partition coefficient (Wildman–Crippen LogP) is 3.79. The van der Waals surface area contributed by atoms with Gasteiger partial charge in [-0.25, -0.2) is 17.5 Å². The standard InChI is InChI=1S/C22H21FN2O5S/c1-29-18-6-5-14(13-3-4-13)9-21(18)31(27,28)24-22(26)20-12-16-17(23)10-15(11-19(16)30-20)25-7-2-8-25/h5-6,9-13H,2-4,7-8H2,1H3,(H,24,26). The largest absolute Gasteiger partial charge is 0.495 e. The third-order valence-electron chi connectivity index (χ3n) is 5.77. The summed E-state index contributed by atoms with van der Waals surface area (Å²) in [5, 5.41) is 0.125. The van der Waals surface area contributed by atoms with Crippen LogP contribution < -0.4 is 14.4 Å². The van der Waals surface area contributed by atoms with E-state index < -0.39 is 21.7 Å². The Kier molecular flexibility index (Phi) is 4.65. The Balaban J connectivity index is 1.44. The lowest BCUT2D eigenvalue weighted by Crippen LogP contribution is -2.36. The molecule has 1 N–H and O–H groups in total. The van der Waals surface area contributed by atoms with Crippen molar-refractivity contribution >= 4 is 32.6 Å². The van der Waals surface area contributed by atoms with Gasteiger partial charge in [-0.2, -0.15) is 0 Å². The highest BCUT2D eigenvalue weighted by Gasteiger charge is 2.29. The number of anilines is 1. The Hall–Kier alpha value is -3.07. The van der Waals surface area contributed by atoms with Crippen molar-refractivity contribution in [1.82, 2.24) is 4.72 Å². The van der Waals surface area contributed by atoms with Gasteiger partial charge in [-0.1, -0.05) is 6.07 Å². The third kappa shape index (κ3) is 3.63. The zero-order chi connectivity index (χ0) is 21.8. The van der Waals surface area contributed by atoms with Crippen molar-refractivity contribution in [3.05, 3.63) is 53.5 Å². The Morgan fingerprint density at radius 1 is 1.19 bits per heavy atom. The summed E-state index contributed by atoms with van der Waals surface area (Å²) >= 11 is 0. The van der Waals surface area contributed by atoms with E-state index in [1.54, 1.807) is 12.1 Å². The van der Waals surface area contributed by atoms with Crippen LogP contribution in [0.4, 0.5) is 10.1 Å². The van der Waals surface area contributed by atoms with Gasteiger partial charge in [0, 0.05) is 30.9 Å². The zero-order valence-electron chi connectivity index (χ0n) is 16.9. The van der Waals surface area contributed by atoms with E-state index in [-0.39, 0.29) is 27.4 Å². The molecule has 31 heavy (non-hydrogen) atoms. The monoisotopic (exact) mass is 444 g/mol. The molecule has 0 radical (unpaired) electrons. The summed E-state index contributed by atoms with van der Waals surface area (Å²) in [7, 11) is -2.86. The molecule has 1 saturated heterocycles. The van der Waals surface area contributed by atoms with Gasteiger partial charge in [0.05, 0.1) is 12.5 Å². The molecule has 2 fully saturated rings. The molecule has 2 aromatic carbocycles. The maximum atomic E-state index is 14.5. The summed E-state index contributed by atoms with van der Waals surface area (Å²) in [6.07, 6.45) is 3.04. The number of furan rings is 1. The molecule has 0 unspecified atom stereocenters. The van der Waals surface area contributed by atoms with Gasteiger partial charge in [0.15, 0.2) is 5.76 Å². The summed E-state index contributed by atoms with van der Waals surface area (Å²) in [5.74, 6) is -1.31. The molecular formula is C22H21FN2O5S. The van der Waals surface area contributed by atoms with Crippen LogP contribution in [0.1, 0.15) is 41.3 Å². The number of methoxy groups -OCH3 is 1. The number of nitrogens with one attached hydrogen (secondary N) is 1. The van der Waals surface area contributed by atoms with Crippen LogP contribution in [-0.4, -0.2) is 34.5 Å². The quantitative estimate of drug-likeness (QED) is 0.622. The molecule has 2 aliphatic rings. The minimum Gasteiger partial charge on any atom is -0.495 e. The van der Waals surface area contributed by atoms with Crippen LogP contribution in [0.2, 0.25) is 0 Å². The minimum absolute atomic E-state index is 0.116. The Morgan fingerprint density at radius 3 is 2.61 bits per heavy atom. The van der Waals surface area contributed by atoms with E-state index in [0.29, 0.717) is 11.6 Å². The molecule has 1 aliphatic carbocycles. The first-order chi connectivity index (χ1) is 14.9. The molecule has 0 spiro atoms. The zero-order valence-corrected chi connectivity index (χ0v) is 17.7. The van der Waals surface area contributed by atoms with E-state index in [9.17, 15) is 17.6 Å². The fourth-order valence-corrected chi connectivity index (χ4v) is 4.91. The summed E-state index contributed by atoms with van der Waals surface area (Å²) < 4.78 is 53.1. The number of fused-ring (bicyclic) bond motifs is 1. The van der Waals surface area contributed by atoms with Crippen molar-refractivity contribution in [2.24, 2.45) is 0 Å². The number of halogens is 1. The number of nitrogens with zero attached hydrogens (tertiary/aromatic N) is 1. The third-order valence-corrected chi connectivity index (χ3v) is 7.12. The second-order valence-corrected chi connectivity index (χ2v) is 9.56. The molecule has 162 valence electrons. The highest BCUT2D eigenvalue weighted by Crippen LogP contribution is 2.42. The Labute approximate surface area is 178 Å². The van der Waals surface area contributed by atoms with Gasteiger partial charge in [0.2, 0.25) is 0 Å². The van der Waals surface area contributed by atoms with Crippen molar-refractivity contribution in [2.45, 2.75) is 30.1 Å². The Bertz CT molecular complexity index is 1290. The van der Waals surface area contributed by atoms with E-state index in [1.807, 2.05) is 15.7 Å². The fourth-order valence-electron chi connectivity index (χ4n) is 3.75. The molecule has 1 amide bonds. The van der Waals surface area contributed by atoms with Crippen molar-refractivity contribution in [3.8, 4) is 5.75 Å². The molecule has 1 aromatic heterocycles. The first kappa shape index (κ1) is 19.9. The summed E-state index contributed by atoms with van der Waals surface area (Å²) in [6.45, 7) is 1.66. The van der Waals surface area contributed by atoms with Gasteiger partial charge in [0.1, 0.15) is 22.0 Å². The average Bonchev–Trinajstić information content (AvgIpc) is 3.44. The maximum Gasteiger partial charge on any atom is 0.300 e. The fraction of sp³-hybridized carbons (Fsp3) is 0.318. The lowest BCUT2D eigenvalue weighted by Gasteiger charge is -2.33. The van der Waals surface area contributed by atoms with Crippen LogP contribution in [0.3, 0.4) is 0 Å². The lowest BCUT2D eigenvalue weighted by molar-refractivity contribution is 0.0956. The van der Waals surface area contributed by atoms with E-state index >= 15 is 0 Å². The normalized spacial score (nSPS) is 16.3. The molecule has 9 heteroatoms. The van der Waals surface area contributed by atoms with Gasteiger partial charge in [-0.05, 0) is 48.9 Å². The SMILES string of the molecule is COc1ccc(C2CC2)cc1S(=O)(=O)NC(=O)c1cc2c(F)cc(N3CCC3)cc2o1. The van der Waals surface area contributed by atoms with Crippen LogP contribution in [-0.2, 0) is 10.0 Å². The first-order valence-electron chi connectivity index (χ1n) is 10.1. The number of sulfonamides is 1. The molecule has 5 rings (SSSR count). The van der Waals surface area contributed by atoms with Crippen molar-refractivity contribution in [3.63, 3.8) is 0 Å². The summed E-state index contributed by atoms with van der Waals surface area (Å²) in [4.78, 5) is 14.6. The minimum atomic E-state index is -4.23. The average molecular weight is 444 g/mol. The molecule has 7 nitrogen and oxygen atoms in total. The molecule has 2 heterocycles. The topological polar surface area (TPSA) is 88.8 Å². The first-order valence-corrected chi connectivity index (χ1v) is 11.6. The van der Waals surface area contributed by atoms with Crippen molar-refractivity contribution in [2.75, 3.05) is 25.1 Å². The van der Waals surface area contributed by atoms with Crippen LogP contribution in [0.5, 0.6) is 5.75 Å². The van der Waals surface area contributed by atoms with E-state index in [0.717, 1.165) is 37.9 Å². The van der Waals surface area contributed by atoms with Crippen LogP contribution in [0.15, 0.2) is 45.7 Å². The van der Waals surface area contributed by atoms with Crippen LogP contribution in [0, 0.1) is 5.82 Å². The van der Waals surface area contributed by atoms with Crippen LogP contribution >= 0.6 is 0 Å². The highest BCUT2D eigenvalue weighted by molar-refractivity contribution is 7.90. The lowest BCUT2D eigenvalue weighted by atomic mass is 10.1. The van der Waals surface area contributed by atoms with E-state index in [2.05, 4.69) is 0 Å². The number of ether oxygens (including phenoxy) is 1. The summed E-state index contributed by atoms with van der Waals surface area (Å²) in [5.41, 5.74) is 1.75. The molecule has 3 aromatic rings. The van der Waals surface area contributed by atoms with E-state index in [4.69, 9.17) is 9.15 Å². The number of rotatable bonds is 6. The molecular weight excluding hydrogens is 423 g/mol. The molecule has 0 bridgehead atoms. The highest BCUT2D eigenvalue weighted by atomic mass is 32.2. The van der Waals surface area contributed by atoms with Gasteiger partial charge in [-0.3, -0.25) is 4.79 Å². The number of amides is 1. The predicted molar refractivity (Wildman–Crippen MR) is 113 cm³/mol.